The van der Waals surface area contributed by atoms with Gasteiger partial charge >= 0.3 is 0 Å². The number of nitrogens with zero attached hydrogens (tertiary/aromatic N) is 2. The van der Waals surface area contributed by atoms with Crippen LogP contribution in [0.2, 0.25) is 0 Å². The van der Waals surface area contributed by atoms with Crippen molar-refractivity contribution in [1.29, 1.82) is 0 Å². The molecule has 0 bridgehead atoms. The molecule has 2 nitrogen and oxygen atoms in total. The third-order valence-corrected chi connectivity index (χ3v) is 7.12. The number of hydrogen-bond acceptors (Lipinski definition) is 3. The van der Waals surface area contributed by atoms with Crippen LogP contribution < -0.4 is 4.90 Å². The van der Waals surface area contributed by atoms with Crippen LogP contribution in [-0.2, 0) is 13.0 Å². The summed E-state index contributed by atoms with van der Waals surface area (Å²) in [4.78, 5) is 7.82. The van der Waals surface area contributed by atoms with Gasteiger partial charge in [-0.2, -0.15) is 0 Å². The predicted octanol–water partition coefficient (Wildman–Crippen LogP) is 6.43. The molecule has 0 N–H and O–H groups in total. The minimum Gasteiger partial charge on any atom is -0.340 e. The van der Waals surface area contributed by atoms with E-state index in [1.165, 1.54) is 38.3 Å². The lowest BCUT2D eigenvalue weighted by atomic mass is 9.95. The summed E-state index contributed by atoms with van der Waals surface area (Å²) < 4.78 is 13.6. The maximum atomic E-state index is 13.6. The smallest absolute Gasteiger partial charge is 0.123 e. The lowest BCUT2D eigenvalue weighted by Crippen LogP contribution is -2.39. The van der Waals surface area contributed by atoms with E-state index >= 15 is 0 Å². The molecule has 0 saturated carbocycles. The monoisotopic (exact) mass is 430 g/mol. The molecule has 3 heterocycles. The number of thiophene rings is 1. The van der Waals surface area contributed by atoms with E-state index < -0.39 is 0 Å². The van der Waals surface area contributed by atoms with Gasteiger partial charge in [-0.1, -0.05) is 54.6 Å². The van der Waals surface area contributed by atoms with Crippen LogP contribution >= 0.6 is 11.3 Å². The van der Waals surface area contributed by atoms with Crippen LogP contribution in [0.15, 0.2) is 78.0 Å². The maximum absolute atomic E-state index is 13.6. The first kappa shape index (κ1) is 20.2. The highest BCUT2D eigenvalue weighted by molar-refractivity contribution is 7.12. The SMILES string of the molecule is Cc1cc2c(s1)CC1=C(CCN(Cc3cccc(F)c3)C1)N2C/C=C/c1ccccc1. The third kappa shape index (κ3) is 4.51. The quantitative estimate of drug-likeness (QED) is 0.460. The summed E-state index contributed by atoms with van der Waals surface area (Å²) in [5, 5.41) is 0. The highest BCUT2D eigenvalue weighted by atomic mass is 32.1. The minimum absolute atomic E-state index is 0.151. The van der Waals surface area contributed by atoms with Crippen LogP contribution in [0, 0.1) is 12.7 Å². The first-order valence-electron chi connectivity index (χ1n) is 10.9. The third-order valence-electron chi connectivity index (χ3n) is 6.08. The number of fused-ring (bicyclic) bond motifs is 1. The van der Waals surface area contributed by atoms with Crippen molar-refractivity contribution in [1.82, 2.24) is 4.90 Å². The average Bonchev–Trinajstić information content (AvgIpc) is 3.14. The molecule has 158 valence electrons. The fraction of sp³-hybridized carbons (Fsp3) is 0.259. The summed E-state index contributed by atoms with van der Waals surface area (Å²) in [6.45, 7) is 5.86. The van der Waals surface area contributed by atoms with Crippen LogP contribution in [0.3, 0.4) is 0 Å². The first-order valence-corrected chi connectivity index (χ1v) is 11.7. The maximum Gasteiger partial charge on any atom is 0.123 e. The van der Waals surface area contributed by atoms with E-state index in [1.54, 1.807) is 12.1 Å². The Kier molecular flexibility index (Phi) is 5.75. The van der Waals surface area contributed by atoms with Gasteiger partial charge in [-0.3, -0.25) is 4.90 Å². The Bertz CT molecular complexity index is 1130. The first-order chi connectivity index (χ1) is 15.2. The summed E-state index contributed by atoms with van der Waals surface area (Å²) in [5.41, 5.74) is 6.68. The van der Waals surface area contributed by atoms with Gasteiger partial charge in [-0.05, 0) is 41.8 Å². The second kappa shape index (κ2) is 8.81. The number of rotatable bonds is 5. The molecular formula is C27H27FN2S. The van der Waals surface area contributed by atoms with E-state index in [2.05, 4.69) is 65.3 Å². The number of hydrogen-bond donors (Lipinski definition) is 0. The van der Waals surface area contributed by atoms with E-state index in [-0.39, 0.29) is 5.82 Å². The highest BCUT2D eigenvalue weighted by Gasteiger charge is 2.30. The van der Waals surface area contributed by atoms with Gasteiger partial charge < -0.3 is 4.90 Å². The van der Waals surface area contributed by atoms with Crippen molar-refractivity contribution in [2.75, 3.05) is 24.5 Å². The van der Waals surface area contributed by atoms with Crippen LogP contribution in [0.25, 0.3) is 6.08 Å². The van der Waals surface area contributed by atoms with Gasteiger partial charge in [0.2, 0.25) is 0 Å². The number of halogens is 1. The Labute approximate surface area is 187 Å². The molecule has 31 heavy (non-hydrogen) atoms. The van der Waals surface area contributed by atoms with E-state index in [1.807, 2.05) is 17.4 Å². The van der Waals surface area contributed by atoms with Crippen molar-refractivity contribution in [3.63, 3.8) is 0 Å². The summed E-state index contributed by atoms with van der Waals surface area (Å²) in [5.74, 6) is -0.151. The van der Waals surface area contributed by atoms with Crippen LogP contribution in [0.1, 0.15) is 27.3 Å². The minimum atomic E-state index is -0.151. The zero-order chi connectivity index (χ0) is 21.2. The number of aryl methyl sites for hydroxylation is 1. The van der Waals surface area contributed by atoms with Crippen LogP contribution in [0.5, 0.6) is 0 Å². The summed E-state index contributed by atoms with van der Waals surface area (Å²) in [7, 11) is 0. The average molecular weight is 431 g/mol. The molecule has 0 unspecified atom stereocenters. The van der Waals surface area contributed by atoms with Gasteiger partial charge in [0.25, 0.3) is 0 Å². The molecule has 4 heteroatoms. The molecule has 0 radical (unpaired) electrons. The largest absolute Gasteiger partial charge is 0.340 e. The number of benzene rings is 2. The molecule has 1 aromatic heterocycles. The molecule has 3 aromatic rings. The molecule has 0 spiro atoms. The Morgan fingerprint density at radius 3 is 2.77 bits per heavy atom. The molecule has 0 aliphatic carbocycles. The summed E-state index contributed by atoms with van der Waals surface area (Å²) in [6, 6.07) is 19.8. The normalized spacial score (nSPS) is 16.6. The Balaban J connectivity index is 1.37. The highest BCUT2D eigenvalue weighted by Crippen LogP contribution is 2.41. The van der Waals surface area contributed by atoms with Crippen molar-refractivity contribution < 1.29 is 4.39 Å². The molecule has 2 aromatic carbocycles. The predicted molar refractivity (Wildman–Crippen MR) is 129 cm³/mol. The van der Waals surface area contributed by atoms with Crippen LogP contribution in [-0.4, -0.2) is 24.5 Å². The molecule has 0 atom stereocenters. The van der Waals surface area contributed by atoms with Gasteiger partial charge in [0.15, 0.2) is 0 Å². The lowest BCUT2D eigenvalue weighted by molar-refractivity contribution is 0.272. The molecule has 2 aliphatic heterocycles. The molecule has 0 saturated heterocycles. The van der Waals surface area contributed by atoms with Gasteiger partial charge in [0.1, 0.15) is 5.82 Å². The van der Waals surface area contributed by atoms with Crippen molar-refractivity contribution in [2.24, 2.45) is 0 Å². The topological polar surface area (TPSA) is 6.48 Å². The van der Waals surface area contributed by atoms with E-state index in [9.17, 15) is 4.39 Å². The second-order valence-electron chi connectivity index (χ2n) is 8.41. The Morgan fingerprint density at radius 1 is 1.06 bits per heavy atom. The van der Waals surface area contributed by atoms with Crippen molar-refractivity contribution in [3.8, 4) is 0 Å². The van der Waals surface area contributed by atoms with Crippen LogP contribution in [0.4, 0.5) is 10.1 Å². The van der Waals surface area contributed by atoms with Gasteiger partial charge in [-0.15, -0.1) is 11.3 Å². The summed E-state index contributed by atoms with van der Waals surface area (Å²) in [6.07, 6.45) is 6.58. The molecule has 0 fully saturated rings. The van der Waals surface area contributed by atoms with Crippen molar-refractivity contribution in [2.45, 2.75) is 26.3 Å². The van der Waals surface area contributed by atoms with Crippen molar-refractivity contribution in [3.05, 3.63) is 105 Å². The standard InChI is InChI=1S/C27H27FN2S/c1-20-15-26-27(31-20)17-23-19-29(18-22-9-5-11-24(28)16-22)14-12-25(23)30(26)13-6-10-21-7-3-2-4-8-21/h2-11,15-16H,12-14,17-19H2,1H3/b10-6+. The molecule has 2 aliphatic rings. The zero-order valence-corrected chi connectivity index (χ0v) is 18.7. The number of anilines is 1. The molecule has 0 amide bonds. The van der Waals surface area contributed by atoms with E-state index in [4.69, 9.17) is 0 Å². The zero-order valence-electron chi connectivity index (χ0n) is 17.9. The fourth-order valence-electron chi connectivity index (χ4n) is 4.70. The van der Waals surface area contributed by atoms with Crippen molar-refractivity contribution >= 4 is 23.1 Å². The van der Waals surface area contributed by atoms with E-state index in [0.717, 1.165) is 44.6 Å². The fourth-order valence-corrected chi connectivity index (χ4v) is 5.78. The van der Waals surface area contributed by atoms with Gasteiger partial charge in [-0.25, -0.2) is 4.39 Å². The summed E-state index contributed by atoms with van der Waals surface area (Å²) >= 11 is 1.92. The Morgan fingerprint density at radius 2 is 1.94 bits per heavy atom. The van der Waals surface area contributed by atoms with Gasteiger partial charge in [0, 0.05) is 54.5 Å². The van der Waals surface area contributed by atoms with Gasteiger partial charge in [0.05, 0.1) is 5.69 Å². The molecule has 5 rings (SSSR count). The second-order valence-corrected chi connectivity index (χ2v) is 9.75. The molecular weight excluding hydrogens is 403 g/mol. The lowest BCUT2D eigenvalue weighted by Gasteiger charge is -2.39. The Hall–Kier alpha value is -2.69. The van der Waals surface area contributed by atoms with E-state index in [0.29, 0.717) is 0 Å².